The second-order valence-corrected chi connectivity index (χ2v) is 16.2. The molecule has 50 heavy (non-hydrogen) atoms. The van der Waals surface area contributed by atoms with Crippen molar-refractivity contribution in [3.8, 4) is 24.3 Å². The first-order chi connectivity index (χ1) is 24.6. The Morgan fingerprint density at radius 2 is 0.720 bits per heavy atom. The summed E-state index contributed by atoms with van der Waals surface area (Å²) < 4.78 is 1.89. The number of nitriles is 4. The van der Waals surface area contributed by atoms with Crippen LogP contribution in [0.25, 0.3) is 42.1 Å². The van der Waals surface area contributed by atoms with Gasteiger partial charge in [0.2, 0.25) is 0 Å². The molecule has 0 N–H and O–H groups in total. The Balaban J connectivity index is 1.60. The summed E-state index contributed by atoms with van der Waals surface area (Å²) in [4.78, 5) is 2.50. The SMILES string of the molecule is CCCCCCCCCCCCc1cc2c(s1)c(=C(C#N)C#N)cc1c3cc(CCCCCCCCCCCC)sc3c(=C(C#N)C#N)cc21. The summed E-state index contributed by atoms with van der Waals surface area (Å²) in [5.74, 6) is 0. The molecule has 0 bridgehead atoms. The molecule has 0 radical (unpaired) electrons. The zero-order valence-corrected chi connectivity index (χ0v) is 32.1. The Bertz CT molecular complexity index is 1820. The Kier molecular flexibility index (Phi) is 16.8. The van der Waals surface area contributed by atoms with Gasteiger partial charge in [0.15, 0.2) is 0 Å². The minimum atomic E-state index is 0.128. The molecule has 4 nitrogen and oxygen atoms in total. The summed E-state index contributed by atoms with van der Waals surface area (Å²) in [5, 5.41) is 45.2. The summed E-state index contributed by atoms with van der Waals surface area (Å²) in [5.41, 5.74) is 0.257. The number of thiophene rings is 2. The van der Waals surface area contributed by atoms with E-state index < -0.39 is 0 Å². The predicted octanol–water partition coefficient (Wildman–Crippen LogP) is 12.6. The molecule has 0 fully saturated rings. The van der Waals surface area contributed by atoms with Crippen LogP contribution in [-0.2, 0) is 12.8 Å². The Morgan fingerprint density at radius 3 is 1.02 bits per heavy atom. The number of hydrogen-bond acceptors (Lipinski definition) is 6. The van der Waals surface area contributed by atoms with Gasteiger partial charge in [-0.2, -0.15) is 21.0 Å². The molecule has 0 saturated carbocycles. The van der Waals surface area contributed by atoms with Gasteiger partial charge >= 0.3 is 0 Å². The average molecular weight is 703 g/mol. The summed E-state index contributed by atoms with van der Waals surface area (Å²) in [6, 6.07) is 17.1. The predicted molar refractivity (Wildman–Crippen MR) is 214 cm³/mol. The maximum atomic E-state index is 9.97. The Labute approximate surface area is 308 Å². The number of rotatable bonds is 22. The van der Waals surface area contributed by atoms with E-state index in [1.54, 1.807) is 22.7 Å². The van der Waals surface area contributed by atoms with Crippen LogP contribution in [0, 0.1) is 45.3 Å². The summed E-state index contributed by atoms with van der Waals surface area (Å²) in [7, 11) is 0. The Morgan fingerprint density at radius 1 is 0.420 bits per heavy atom. The van der Waals surface area contributed by atoms with Crippen LogP contribution in [0.2, 0.25) is 0 Å². The monoisotopic (exact) mass is 702 g/mol. The normalized spacial score (nSPS) is 11.1. The lowest BCUT2D eigenvalue weighted by atomic mass is 9.98. The molecule has 4 aromatic rings. The fraction of sp³-hybridized carbons (Fsp3) is 0.545. The summed E-state index contributed by atoms with van der Waals surface area (Å²) in [6.07, 6.45) is 27.8. The number of hydrogen-bond donors (Lipinski definition) is 0. The molecule has 0 saturated heterocycles. The van der Waals surface area contributed by atoms with Gasteiger partial charge in [-0.25, -0.2) is 0 Å². The molecular weight excluding hydrogens is 649 g/mol. The highest BCUT2D eigenvalue weighted by Gasteiger charge is 2.16. The van der Waals surface area contributed by atoms with Gasteiger partial charge in [0.1, 0.15) is 35.4 Å². The van der Waals surface area contributed by atoms with Crippen LogP contribution in [0.4, 0.5) is 0 Å². The highest BCUT2D eigenvalue weighted by atomic mass is 32.1. The molecule has 4 rings (SSSR count). The summed E-state index contributed by atoms with van der Waals surface area (Å²) in [6.45, 7) is 4.52. The van der Waals surface area contributed by atoms with E-state index in [1.807, 2.05) is 12.1 Å². The van der Waals surface area contributed by atoms with Gasteiger partial charge in [0.25, 0.3) is 0 Å². The van der Waals surface area contributed by atoms with Crippen LogP contribution in [0.1, 0.15) is 152 Å². The molecule has 0 spiro atoms. The van der Waals surface area contributed by atoms with Crippen molar-refractivity contribution in [1.29, 1.82) is 21.0 Å². The van der Waals surface area contributed by atoms with Crippen LogP contribution >= 0.6 is 22.7 Å². The lowest BCUT2D eigenvalue weighted by Crippen LogP contribution is -2.08. The minimum absolute atomic E-state index is 0.128. The number of unbranched alkanes of at least 4 members (excludes halogenated alkanes) is 18. The van der Waals surface area contributed by atoms with Gasteiger partial charge in [-0.1, -0.05) is 129 Å². The van der Waals surface area contributed by atoms with Gasteiger partial charge in [0.05, 0.1) is 0 Å². The number of benzene rings is 2. The minimum Gasteiger partial charge on any atom is -0.192 e. The van der Waals surface area contributed by atoms with Crippen molar-refractivity contribution in [2.24, 2.45) is 0 Å². The first-order valence-corrected chi connectivity index (χ1v) is 21.0. The van der Waals surface area contributed by atoms with E-state index in [9.17, 15) is 21.0 Å². The molecular formula is C44H54N4S2. The third-order valence-electron chi connectivity index (χ3n) is 10.0. The molecule has 0 aliphatic rings. The van der Waals surface area contributed by atoms with Gasteiger partial charge in [-0.15, -0.1) is 22.7 Å². The van der Waals surface area contributed by atoms with Crippen molar-refractivity contribution in [2.75, 3.05) is 0 Å². The fourth-order valence-electron chi connectivity index (χ4n) is 7.19. The standard InChI is InChI=1S/C44H54N4S2/c1-3-5-7-9-11-13-15-17-19-21-23-35-25-41-39-28-38(34(31-47)32-48)44-42(40(39)27-37(43(41)49-35)33(29-45)30-46)26-36(50-44)24-22-20-18-16-14-12-10-8-6-4-2/h25-28H,3-24H2,1-2H3. The highest BCUT2D eigenvalue weighted by molar-refractivity contribution is 7.19. The molecule has 2 aromatic heterocycles. The number of fused-ring (bicyclic) bond motifs is 5. The molecule has 0 aliphatic heterocycles. The maximum absolute atomic E-state index is 9.97. The zero-order chi connectivity index (χ0) is 35.6. The van der Waals surface area contributed by atoms with Gasteiger partial charge in [0, 0.05) is 40.4 Å². The van der Waals surface area contributed by atoms with E-state index >= 15 is 0 Å². The van der Waals surface area contributed by atoms with Crippen molar-refractivity contribution < 1.29 is 0 Å². The van der Waals surface area contributed by atoms with E-state index in [1.165, 1.54) is 125 Å². The molecule has 2 aromatic carbocycles. The van der Waals surface area contributed by atoms with Crippen molar-refractivity contribution in [3.05, 3.63) is 44.5 Å². The van der Waals surface area contributed by atoms with Crippen molar-refractivity contribution in [1.82, 2.24) is 0 Å². The largest absolute Gasteiger partial charge is 0.192 e. The molecule has 6 heteroatoms. The van der Waals surface area contributed by atoms with Crippen molar-refractivity contribution >= 4 is 64.8 Å². The van der Waals surface area contributed by atoms with Gasteiger partial charge in [-0.05, 0) is 60.7 Å². The van der Waals surface area contributed by atoms with E-state index in [0.29, 0.717) is 10.4 Å². The third kappa shape index (κ3) is 10.7. The van der Waals surface area contributed by atoms with Gasteiger partial charge < -0.3 is 0 Å². The summed E-state index contributed by atoms with van der Waals surface area (Å²) >= 11 is 3.36. The second-order valence-electron chi connectivity index (χ2n) is 13.9. The first-order valence-electron chi connectivity index (χ1n) is 19.4. The second kappa shape index (κ2) is 21.5. The van der Waals surface area contributed by atoms with Crippen LogP contribution in [0.3, 0.4) is 0 Å². The van der Waals surface area contributed by atoms with E-state index in [2.05, 4.69) is 50.3 Å². The third-order valence-corrected chi connectivity index (χ3v) is 12.5. The number of nitrogens with zero attached hydrogens (tertiary/aromatic N) is 4. The van der Waals surface area contributed by atoms with Crippen molar-refractivity contribution in [2.45, 2.75) is 155 Å². The molecule has 0 atom stereocenters. The highest BCUT2D eigenvalue weighted by Crippen LogP contribution is 2.36. The van der Waals surface area contributed by atoms with Crippen LogP contribution in [-0.4, -0.2) is 0 Å². The molecule has 2 heterocycles. The first kappa shape index (κ1) is 39.1. The average Bonchev–Trinajstić information content (AvgIpc) is 3.76. The molecule has 0 unspecified atom stereocenters. The van der Waals surface area contributed by atoms with E-state index in [4.69, 9.17) is 0 Å². The fourth-order valence-corrected chi connectivity index (χ4v) is 9.66. The van der Waals surface area contributed by atoms with Crippen LogP contribution < -0.4 is 10.4 Å². The van der Waals surface area contributed by atoms with Crippen molar-refractivity contribution in [3.63, 3.8) is 0 Å². The lowest BCUT2D eigenvalue weighted by molar-refractivity contribution is 0.557. The maximum Gasteiger partial charge on any atom is 0.138 e. The quantitative estimate of drug-likeness (QED) is 0.0762. The molecule has 0 amide bonds. The van der Waals surface area contributed by atoms with Crippen LogP contribution in [0.5, 0.6) is 0 Å². The lowest BCUT2D eigenvalue weighted by Gasteiger charge is -2.05. The molecule has 262 valence electrons. The zero-order valence-electron chi connectivity index (χ0n) is 30.5. The van der Waals surface area contributed by atoms with E-state index in [0.717, 1.165) is 56.6 Å². The Hall–Kier alpha value is -3.68. The van der Waals surface area contributed by atoms with Gasteiger partial charge in [-0.3, -0.25) is 0 Å². The molecule has 0 aliphatic carbocycles. The topological polar surface area (TPSA) is 95.2 Å². The smallest absolute Gasteiger partial charge is 0.138 e. The number of aryl methyl sites for hydroxylation is 2. The van der Waals surface area contributed by atoms with Crippen LogP contribution in [0.15, 0.2) is 24.3 Å². The van der Waals surface area contributed by atoms with E-state index in [-0.39, 0.29) is 11.1 Å².